The first-order valence-corrected chi connectivity index (χ1v) is 9.51. The highest BCUT2D eigenvalue weighted by atomic mass is 35.5. The highest BCUT2D eigenvalue weighted by Crippen LogP contribution is 2.34. The number of carbonyl (C=O) groups is 2. The Hall–Kier alpha value is -0.810. The number of hydrogen-bond acceptors (Lipinski definition) is 3. The fourth-order valence-electron chi connectivity index (χ4n) is 4.51. The van der Waals surface area contributed by atoms with Gasteiger partial charge in [0, 0.05) is 25.7 Å². The van der Waals surface area contributed by atoms with Crippen LogP contribution >= 0.6 is 12.4 Å². The van der Waals surface area contributed by atoms with Crippen LogP contribution in [0.15, 0.2) is 0 Å². The first kappa shape index (κ1) is 19.5. The van der Waals surface area contributed by atoms with Gasteiger partial charge in [0.25, 0.3) is 0 Å². The minimum atomic E-state index is -0.0251. The van der Waals surface area contributed by atoms with Gasteiger partial charge in [-0.15, -0.1) is 12.4 Å². The summed E-state index contributed by atoms with van der Waals surface area (Å²) in [7, 11) is 0. The third-order valence-corrected chi connectivity index (χ3v) is 5.81. The third kappa shape index (κ3) is 4.42. The molecule has 0 radical (unpaired) electrons. The smallest absolute Gasteiger partial charge is 0.239 e. The van der Waals surface area contributed by atoms with E-state index in [9.17, 15) is 9.59 Å². The average Bonchev–Trinajstić information content (AvgIpc) is 3.03. The number of halogens is 1. The van der Waals surface area contributed by atoms with E-state index in [1.165, 1.54) is 25.7 Å². The molecule has 0 aromatic carbocycles. The molecule has 0 bridgehead atoms. The largest absolute Gasteiger partial charge is 0.356 e. The van der Waals surface area contributed by atoms with Gasteiger partial charge in [-0.25, -0.2) is 0 Å². The monoisotopic (exact) mass is 357 g/mol. The van der Waals surface area contributed by atoms with Crippen molar-refractivity contribution < 1.29 is 9.59 Å². The second-order valence-corrected chi connectivity index (χ2v) is 7.52. The maximum Gasteiger partial charge on any atom is 0.239 e. The summed E-state index contributed by atoms with van der Waals surface area (Å²) in [4.78, 5) is 27.0. The van der Waals surface area contributed by atoms with Crippen molar-refractivity contribution in [1.82, 2.24) is 15.5 Å². The molecule has 2 N–H and O–H groups in total. The molecule has 4 atom stereocenters. The van der Waals surface area contributed by atoms with Gasteiger partial charge < -0.3 is 15.5 Å². The maximum atomic E-state index is 12.9. The van der Waals surface area contributed by atoms with E-state index in [1.54, 1.807) is 0 Å². The van der Waals surface area contributed by atoms with Crippen molar-refractivity contribution in [2.75, 3.05) is 19.6 Å². The van der Waals surface area contributed by atoms with Crippen LogP contribution in [0, 0.1) is 11.8 Å². The third-order valence-electron chi connectivity index (χ3n) is 5.81. The summed E-state index contributed by atoms with van der Waals surface area (Å²) < 4.78 is 0. The molecule has 2 amide bonds. The zero-order valence-corrected chi connectivity index (χ0v) is 15.6. The van der Waals surface area contributed by atoms with Crippen molar-refractivity contribution in [1.29, 1.82) is 0 Å². The highest BCUT2D eigenvalue weighted by molar-refractivity contribution is 5.85. The van der Waals surface area contributed by atoms with Gasteiger partial charge in [-0.1, -0.05) is 19.8 Å². The normalized spacial score (nSPS) is 32.6. The fourth-order valence-corrected chi connectivity index (χ4v) is 4.51. The van der Waals surface area contributed by atoms with E-state index >= 15 is 0 Å². The summed E-state index contributed by atoms with van der Waals surface area (Å²) in [6, 6.07) is 0.534. The van der Waals surface area contributed by atoms with E-state index in [0.717, 1.165) is 38.8 Å². The van der Waals surface area contributed by atoms with Gasteiger partial charge in [0.1, 0.15) is 0 Å². The molecule has 4 unspecified atom stereocenters. The molecule has 2 saturated heterocycles. The zero-order chi connectivity index (χ0) is 16.2. The summed E-state index contributed by atoms with van der Waals surface area (Å²) in [5, 5.41) is 6.56. The molecule has 1 saturated carbocycles. The number of likely N-dealkylation sites (tertiary alicyclic amines) is 1. The van der Waals surface area contributed by atoms with E-state index in [2.05, 4.69) is 17.6 Å². The fraction of sp³-hybridized carbons (Fsp3) is 0.889. The van der Waals surface area contributed by atoms with Gasteiger partial charge >= 0.3 is 0 Å². The number of carbonyl (C=O) groups excluding carboxylic acids is 2. The molecular weight excluding hydrogens is 326 g/mol. The summed E-state index contributed by atoms with van der Waals surface area (Å²) in [5.41, 5.74) is 0. The first-order chi connectivity index (χ1) is 11.2. The van der Waals surface area contributed by atoms with Crippen LogP contribution in [0.4, 0.5) is 0 Å². The lowest BCUT2D eigenvalue weighted by atomic mass is 9.85. The standard InChI is InChI=1S/C18H31N3O2.ClH/c1-2-9-19-17(22)14-7-5-10-21(12-14)18(23)16-11-13-6-3-4-8-15(13)20-16;/h13-16,20H,2-12H2,1H3,(H,19,22);1H. The van der Waals surface area contributed by atoms with E-state index in [-0.39, 0.29) is 36.2 Å². The molecule has 24 heavy (non-hydrogen) atoms. The van der Waals surface area contributed by atoms with Crippen molar-refractivity contribution in [2.45, 2.75) is 70.4 Å². The Morgan fingerprint density at radius 3 is 2.71 bits per heavy atom. The van der Waals surface area contributed by atoms with Crippen LogP contribution in [0.5, 0.6) is 0 Å². The lowest BCUT2D eigenvalue weighted by Crippen LogP contribution is -2.51. The minimum absolute atomic E-state index is 0. The molecule has 3 fully saturated rings. The van der Waals surface area contributed by atoms with Crippen LogP contribution in [0.1, 0.15) is 58.3 Å². The van der Waals surface area contributed by atoms with Gasteiger partial charge in [-0.3, -0.25) is 9.59 Å². The molecule has 2 aliphatic heterocycles. The van der Waals surface area contributed by atoms with Crippen LogP contribution in [-0.4, -0.2) is 48.4 Å². The molecule has 3 rings (SSSR count). The summed E-state index contributed by atoms with van der Waals surface area (Å²) >= 11 is 0. The number of piperidine rings is 1. The van der Waals surface area contributed by atoms with Crippen molar-refractivity contribution in [3.63, 3.8) is 0 Å². The summed E-state index contributed by atoms with van der Waals surface area (Å²) in [6.45, 7) is 4.20. The molecular formula is C18H32ClN3O2. The Morgan fingerprint density at radius 1 is 1.17 bits per heavy atom. The zero-order valence-electron chi connectivity index (χ0n) is 14.8. The van der Waals surface area contributed by atoms with E-state index in [4.69, 9.17) is 0 Å². The Kier molecular flexibility index (Phi) is 7.35. The van der Waals surface area contributed by atoms with Crippen molar-refractivity contribution in [2.24, 2.45) is 11.8 Å². The van der Waals surface area contributed by atoms with Gasteiger partial charge in [-0.05, 0) is 44.4 Å². The van der Waals surface area contributed by atoms with Gasteiger partial charge in [0.2, 0.25) is 11.8 Å². The Morgan fingerprint density at radius 2 is 1.96 bits per heavy atom. The van der Waals surface area contributed by atoms with Crippen LogP contribution in [-0.2, 0) is 9.59 Å². The highest BCUT2D eigenvalue weighted by Gasteiger charge is 2.40. The quantitative estimate of drug-likeness (QED) is 0.810. The molecule has 0 spiro atoms. The van der Waals surface area contributed by atoms with Crippen LogP contribution in [0.25, 0.3) is 0 Å². The topological polar surface area (TPSA) is 61.4 Å². The van der Waals surface area contributed by atoms with Gasteiger partial charge in [0.15, 0.2) is 0 Å². The minimum Gasteiger partial charge on any atom is -0.356 e. The molecule has 5 nitrogen and oxygen atoms in total. The Labute approximate surface area is 151 Å². The SMILES string of the molecule is CCCNC(=O)C1CCCN(C(=O)C2CC3CCCCC3N2)C1.Cl. The lowest BCUT2D eigenvalue weighted by molar-refractivity contribution is -0.137. The number of nitrogens with zero attached hydrogens (tertiary/aromatic N) is 1. The number of rotatable bonds is 4. The molecule has 0 aromatic heterocycles. The average molecular weight is 358 g/mol. The second-order valence-electron chi connectivity index (χ2n) is 7.52. The summed E-state index contributed by atoms with van der Waals surface area (Å²) in [5.74, 6) is 1.01. The molecule has 3 aliphatic rings. The van der Waals surface area contributed by atoms with E-state index < -0.39 is 0 Å². The molecule has 1 aliphatic carbocycles. The number of amides is 2. The number of fused-ring (bicyclic) bond motifs is 1. The predicted octanol–water partition coefficient (Wildman–Crippen LogP) is 2.09. The lowest BCUT2D eigenvalue weighted by Gasteiger charge is -2.33. The number of nitrogens with one attached hydrogen (secondary N) is 2. The molecule has 6 heteroatoms. The van der Waals surface area contributed by atoms with Crippen LogP contribution in [0.3, 0.4) is 0 Å². The predicted molar refractivity (Wildman–Crippen MR) is 97.1 cm³/mol. The maximum absolute atomic E-state index is 12.9. The van der Waals surface area contributed by atoms with Crippen molar-refractivity contribution in [3.8, 4) is 0 Å². The first-order valence-electron chi connectivity index (χ1n) is 9.51. The second kappa shape index (κ2) is 9.04. The van der Waals surface area contributed by atoms with Crippen molar-refractivity contribution >= 4 is 24.2 Å². The molecule has 0 aromatic rings. The Bertz CT molecular complexity index is 432. The Balaban J connectivity index is 0.00000208. The van der Waals surface area contributed by atoms with E-state index in [0.29, 0.717) is 18.5 Å². The van der Waals surface area contributed by atoms with Gasteiger partial charge in [0.05, 0.1) is 12.0 Å². The molecule has 2 heterocycles. The van der Waals surface area contributed by atoms with Crippen LogP contribution < -0.4 is 10.6 Å². The number of hydrogen-bond donors (Lipinski definition) is 2. The van der Waals surface area contributed by atoms with Crippen molar-refractivity contribution in [3.05, 3.63) is 0 Å². The van der Waals surface area contributed by atoms with Gasteiger partial charge in [-0.2, -0.15) is 0 Å². The van der Waals surface area contributed by atoms with E-state index in [1.807, 2.05) is 4.90 Å². The van der Waals surface area contributed by atoms with Crippen LogP contribution in [0.2, 0.25) is 0 Å². The molecule has 138 valence electrons. The summed E-state index contributed by atoms with van der Waals surface area (Å²) in [6.07, 6.45) is 8.88.